The Hall–Kier alpha value is -0.680. The molecule has 0 bridgehead atoms. The molecule has 1 aromatic rings. The second-order valence-electron chi connectivity index (χ2n) is 5.45. The van der Waals surface area contributed by atoms with E-state index in [1.807, 2.05) is 0 Å². The van der Waals surface area contributed by atoms with Crippen molar-refractivity contribution in [3.63, 3.8) is 0 Å². The number of nitrogens with zero attached hydrogens (tertiary/aromatic N) is 3. The molecule has 0 saturated carbocycles. The van der Waals surface area contributed by atoms with Gasteiger partial charge in [-0.25, -0.2) is 4.98 Å². The van der Waals surface area contributed by atoms with Crippen LogP contribution in [0.15, 0.2) is 0 Å². The van der Waals surface area contributed by atoms with Gasteiger partial charge in [-0.2, -0.15) is 4.37 Å². The molecule has 2 fully saturated rings. The Labute approximate surface area is 113 Å². The molecule has 1 aromatic heterocycles. The van der Waals surface area contributed by atoms with Crippen LogP contribution < -0.4 is 10.2 Å². The van der Waals surface area contributed by atoms with Crippen molar-refractivity contribution in [3.05, 3.63) is 5.82 Å². The summed E-state index contributed by atoms with van der Waals surface area (Å²) in [5.41, 5.74) is 0. The quantitative estimate of drug-likeness (QED) is 0.904. The highest BCUT2D eigenvalue weighted by Gasteiger charge is 2.44. The van der Waals surface area contributed by atoms with E-state index >= 15 is 0 Å². The molecule has 0 radical (unpaired) electrons. The molecule has 0 amide bonds. The maximum absolute atomic E-state index is 4.72. The molecule has 2 aliphatic rings. The van der Waals surface area contributed by atoms with Gasteiger partial charge in [0.05, 0.1) is 0 Å². The van der Waals surface area contributed by atoms with Gasteiger partial charge in [-0.1, -0.05) is 13.8 Å². The van der Waals surface area contributed by atoms with Gasteiger partial charge in [-0.05, 0) is 24.7 Å². The van der Waals surface area contributed by atoms with Crippen molar-refractivity contribution in [3.8, 4) is 0 Å². The summed E-state index contributed by atoms with van der Waals surface area (Å²) in [5, 5.41) is 4.68. The monoisotopic (exact) mass is 266 g/mol. The fourth-order valence-electron chi connectivity index (χ4n) is 3.45. The molecule has 4 nitrogen and oxygen atoms in total. The van der Waals surface area contributed by atoms with Crippen LogP contribution in [0.2, 0.25) is 0 Å². The molecule has 3 heterocycles. The predicted molar refractivity (Wildman–Crippen MR) is 75.2 cm³/mol. The van der Waals surface area contributed by atoms with Crippen LogP contribution in [0.4, 0.5) is 5.13 Å². The Morgan fingerprint density at radius 2 is 2.28 bits per heavy atom. The van der Waals surface area contributed by atoms with Gasteiger partial charge < -0.3 is 10.2 Å². The predicted octanol–water partition coefficient (Wildman–Crippen LogP) is 1.92. The molecule has 2 saturated heterocycles. The van der Waals surface area contributed by atoms with Crippen LogP contribution >= 0.6 is 11.5 Å². The molecular formula is C13H22N4S. The first-order valence-electron chi connectivity index (χ1n) is 7.13. The summed E-state index contributed by atoms with van der Waals surface area (Å²) in [5.74, 6) is 2.66. The van der Waals surface area contributed by atoms with Crippen molar-refractivity contribution in [2.75, 3.05) is 24.5 Å². The smallest absolute Gasteiger partial charge is 0.205 e. The fourth-order valence-corrected chi connectivity index (χ4v) is 4.23. The lowest BCUT2D eigenvalue weighted by Gasteiger charge is -2.25. The van der Waals surface area contributed by atoms with Crippen LogP contribution in [-0.2, 0) is 6.42 Å². The van der Waals surface area contributed by atoms with E-state index in [1.165, 1.54) is 19.5 Å². The number of aromatic nitrogens is 2. The Balaban J connectivity index is 1.78. The lowest BCUT2D eigenvalue weighted by molar-refractivity contribution is 0.442. The first kappa shape index (κ1) is 12.4. The van der Waals surface area contributed by atoms with Crippen molar-refractivity contribution in [1.82, 2.24) is 14.7 Å². The molecule has 1 N–H and O–H groups in total. The molecule has 0 aromatic carbocycles. The molecule has 3 atom stereocenters. The molecule has 3 unspecified atom stereocenters. The van der Waals surface area contributed by atoms with Crippen LogP contribution in [0.25, 0.3) is 0 Å². The third kappa shape index (κ3) is 2.03. The number of hydrogen-bond acceptors (Lipinski definition) is 5. The highest BCUT2D eigenvalue weighted by molar-refractivity contribution is 7.09. The summed E-state index contributed by atoms with van der Waals surface area (Å²) in [6.07, 6.45) is 3.35. The van der Waals surface area contributed by atoms with E-state index in [4.69, 9.17) is 4.98 Å². The number of hydrogen-bond donors (Lipinski definition) is 1. The molecule has 0 spiro atoms. The van der Waals surface area contributed by atoms with Crippen molar-refractivity contribution in [2.24, 2.45) is 11.8 Å². The first-order valence-corrected chi connectivity index (χ1v) is 7.90. The topological polar surface area (TPSA) is 41.1 Å². The summed E-state index contributed by atoms with van der Waals surface area (Å²) < 4.78 is 4.49. The minimum absolute atomic E-state index is 0.660. The summed E-state index contributed by atoms with van der Waals surface area (Å²) in [6, 6.07) is 0.660. The number of aryl methyl sites for hydroxylation is 1. The highest BCUT2D eigenvalue weighted by atomic mass is 32.1. The zero-order valence-electron chi connectivity index (χ0n) is 11.2. The van der Waals surface area contributed by atoms with Crippen molar-refractivity contribution in [2.45, 2.75) is 39.2 Å². The van der Waals surface area contributed by atoms with E-state index in [2.05, 4.69) is 28.4 Å². The molecule has 0 aliphatic carbocycles. The zero-order valence-corrected chi connectivity index (χ0v) is 12.0. The van der Waals surface area contributed by atoms with Gasteiger partial charge in [0.15, 0.2) is 0 Å². The lowest BCUT2D eigenvalue weighted by atomic mass is 9.93. The molecule has 5 heteroatoms. The second kappa shape index (κ2) is 5.13. The minimum atomic E-state index is 0.660. The van der Waals surface area contributed by atoms with E-state index in [1.54, 1.807) is 11.5 Å². The summed E-state index contributed by atoms with van der Waals surface area (Å²) >= 11 is 1.59. The van der Waals surface area contributed by atoms with E-state index in [0.717, 1.165) is 42.2 Å². The molecule has 18 heavy (non-hydrogen) atoms. The lowest BCUT2D eigenvalue weighted by Crippen LogP contribution is -2.35. The second-order valence-corrected chi connectivity index (χ2v) is 6.18. The van der Waals surface area contributed by atoms with Crippen LogP contribution in [0.5, 0.6) is 0 Å². The average Bonchev–Trinajstić information content (AvgIpc) is 3.01. The van der Waals surface area contributed by atoms with Crippen molar-refractivity contribution >= 4 is 16.7 Å². The van der Waals surface area contributed by atoms with Crippen molar-refractivity contribution in [1.29, 1.82) is 0 Å². The Bertz CT molecular complexity index is 405. The normalized spacial score (nSPS) is 31.0. The maximum Gasteiger partial charge on any atom is 0.205 e. The number of nitrogens with one attached hydrogen (secondary N) is 1. The summed E-state index contributed by atoms with van der Waals surface area (Å²) in [7, 11) is 0. The van der Waals surface area contributed by atoms with Gasteiger partial charge in [0.2, 0.25) is 5.13 Å². The summed E-state index contributed by atoms with van der Waals surface area (Å²) in [6.45, 7) is 8.00. The zero-order chi connectivity index (χ0) is 12.5. The standard InChI is InChI=1S/C13H22N4S/c1-3-5-12-15-13(18-16-12)17-8-9-6-14-7-10(9)11(17)4-2/h9-11,14H,3-8H2,1-2H3. The average molecular weight is 266 g/mol. The van der Waals surface area contributed by atoms with Gasteiger partial charge >= 0.3 is 0 Å². The maximum atomic E-state index is 4.72. The fraction of sp³-hybridized carbons (Fsp3) is 0.846. The highest BCUT2D eigenvalue weighted by Crippen LogP contribution is 2.37. The van der Waals surface area contributed by atoms with Crippen LogP contribution in [0, 0.1) is 11.8 Å². The van der Waals surface area contributed by atoms with Crippen LogP contribution in [-0.4, -0.2) is 35.0 Å². The van der Waals surface area contributed by atoms with E-state index < -0.39 is 0 Å². The van der Waals surface area contributed by atoms with Crippen molar-refractivity contribution < 1.29 is 0 Å². The molecule has 3 rings (SSSR count). The van der Waals surface area contributed by atoms with Gasteiger partial charge in [-0.3, -0.25) is 0 Å². The Morgan fingerprint density at radius 3 is 3.06 bits per heavy atom. The summed E-state index contributed by atoms with van der Waals surface area (Å²) in [4.78, 5) is 7.24. The first-order chi connectivity index (χ1) is 8.83. The SMILES string of the molecule is CCCc1nsc(N2CC3CNCC3C2CC)n1. The number of fused-ring (bicyclic) bond motifs is 1. The largest absolute Gasteiger partial charge is 0.343 e. The van der Waals surface area contributed by atoms with Gasteiger partial charge in [0.25, 0.3) is 0 Å². The third-order valence-corrected chi connectivity index (χ3v) is 5.10. The van der Waals surface area contributed by atoms with Crippen LogP contribution in [0.1, 0.15) is 32.5 Å². The van der Waals surface area contributed by atoms with Gasteiger partial charge in [0, 0.05) is 43.6 Å². The molecular weight excluding hydrogens is 244 g/mol. The van der Waals surface area contributed by atoms with E-state index in [0.29, 0.717) is 6.04 Å². The van der Waals surface area contributed by atoms with E-state index in [-0.39, 0.29) is 0 Å². The Morgan fingerprint density at radius 1 is 1.39 bits per heavy atom. The van der Waals surface area contributed by atoms with Gasteiger partial charge in [0.1, 0.15) is 5.82 Å². The third-order valence-electron chi connectivity index (χ3n) is 4.31. The molecule has 100 valence electrons. The number of rotatable bonds is 4. The van der Waals surface area contributed by atoms with E-state index in [9.17, 15) is 0 Å². The Kier molecular flexibility index (Phi) is 3.52. The number of anilines is 1. The molecule has 2 aliphatic heterocycles. The van der Waals surface area contributed by atoms with Crippen LogP contribution in [0.3, 0.4) is 0 Å². The minimum Gasteiger partial charge on any atom is -0.343 e. The van der Waals surface area contributed by atoms with Gasteiger partial charge in [-0.15, -0.1) is 0 Å².